The second kappa shape index (κ2) is 5.12. The van der Waals surface area contributed by atoms with Gasteiger partial charge in [0.05, 0.1) is 0 Å². The smallest absolute Gasteiger partial charge is 0.191 e. The molecule has 1 unspecified atom stereocenters. The van der Waals surface area contributed by atoms with Crippen molar-refractivity contribution in [1.29, 1.82) is 0 Å². The van der Waals surface area contributed by atoms with E-state index in [0.717, 1.165) is 5.82 Å². The predicted octanol–water partition coefficient (Wildman–Crippen LogP) is 2.65. The van der Waals surface area contributed by atoms with Gasteiger partial charge in [-0.2, -0.15) is 0 Å². The molecule has 0 aliphatic rings. The van der Waals surface area contributed by atoms with E-state index in [0.29, 0.717) is 17.0 Å². The van der Waals surface area contributed by atoms with Gasteiger partial charge in [0.15, 0.2) is 5.16 Å². The predicted molar refractivity (Wildman–Crippen MR) is 75.5 cm³/mol. The van der Waals surface area contributed by atoms with Crippen molar-refractivity contribution in [2.45, 2.75) is 38.9 Å². The molecule has 0 aliphatic carbocycles. The topological polar surface area (TPSA) is 55.0 Å². The van der Waals surface area contributed by atoms with Crippen molar-refractivity contribution in [1.82, 2.24) is 9.97 Å². The summed E-state index contributed by atoms with van der Waals surface area (Å²) in [6.07, 6.45) is 1.95. The van der Waals surface area contributed by atoms with Crippen LogP contribution in [0.1, 0.15) is 27.7 Å². The molecule has 5 heteroatoms. The lowest BCUT2D eigenvalue weighted by molar-refractivity contribution is 0.328. The fourth-order valence-electron chi connectivity index (χ4n) is 1.48. The fraction of sp³-hybridized carbons (Fsp3) is 0.667. The molecule has 0 fully saturated rings. The van der Waals surface area contributed by atoms with Gasteiger partial charge >= 0.3 is 0 Å². The van der Waals surface area contributed by atoms with Gasteiger partial charge in [-0.05, 0) is 18.6 Å². The molecule has 0 spiro atoms. The highest BCUT2D eigenvalue weighted by Gasteiger charge is 2.25. The van der Waals surface area contributed by atoms with Crippen LogP contribution >= 0.6 is 11.8 Å². The Bertz CT molecular complexity index is 387. The number of nitrogens with two attached hydrogens (primary N) is 1. The summed E-state index contributed by atoms with van der Waals surface area (Å²) in [7, 11) is 2.04. The summed E-state index contributed by atoms with van der Waals surface area (Å²) in [6, 6.07) is 2.19. The third kappa shape index (κ3) is 3.49. The molecular formula is C12H22N4S. The van der Waals surface area contributed by atoms with Gasteiger partial charge in [-0.1, -0.05) is 32.5 Å². The molecule has 4 nitrogen and oxygen atoms in total. The molecule has 0 bridgehead atoms. The number of aromatic nitrogens is 2. The first kappa shape index (κ1) is 14.1. The maximum absolute atomic E-state index is 5.79. The molecular weight excluding hydrogens is 232 g/mol. The van der Waals surface area contributed by atoms with E-state index in [9.17, 15) is 0 Å². The summed E-state index contributed by atoms with van der Waals surface area (Å²) < 4.78 is 0. The van der Waals surface area contributed by atoms with Crippen LogP contribution in [-0.2, 0) is 0 Å². The van der Waals surface area contributed by atoms with Crippen LogP contribution < -0.4 is 10.6 Å². The van der Waals surface area contributed by atoms with Gasteiger partial charge < -0.3 is 10.6 Å². The summed E-state index contributed by atoms with van der Waals surface area (Å²) in [5.41, 5.74) is 5.98. The molecule has 1 heterocycles. The molecule has 1 rings (SSSR count). The molecule has 0 aliphatic heterocycles. The van der Waals surface area contributed by atoms with Gasteiger partial charge in [-0.25, -0.2) is 9.97 Å². The van der Waals surface area contributed by atoms with Crippen LogP contribution in [0.2, 0.25) is 0 Å². The van der Waals surface area contributed by atoms with Crippen LogP contribution in [0, 0.1) is 5.41 Å². The van der Waals surface area contributed by atoms with Crippen molar-refractivity contribution < 1.29 is 0 Å². The lowest BCUT2D eigenvalue weighted by atomic mass is 9.87. The average molecular weight is 254 g/mol. The Hall–Kier alpha value is -0.970. The first-order valence-corrected chi connectivity index (χ1v) is 6.89. The summed E-state index contributed by atoms with van der Waals surface area (Å²) in [5, 5.41) is 0.716. The normalized spacial score (nSPS) is 13.5. The van der Waals surface area contributed by atoms with Crippen molar-refractivity contribution in [3.8, 4) is 0 Å². The van der Waals surface area contributed by atoms with E-state index in [1.165, 1.54) is 11.8 Å². The standard InChI is InChI=1S/C12H22N4S/c1-8(12(2,3)4)16(5)10-7-9(13)14-11(15-10)17-6/h7-8H,1-6H3,(H2,13,14,15). The van der Waals surface area contributed by atoms with Gasteiger partial charge in [0.25, 0.3) is 0 Å². The molecule has 0 radical (unpaired) electrons. The SMILES string of the molecule is CSc1nc(N)cc(N(C)C(C)C(C)(C)C)n1. The number of hydrogen-bond donors (Lipinski definition) is 1. The largest absolute Gasteiger partial charge is 0.383 e. The summed E-state index contributed by atoms with van der Waals surface area (Å²) in [4.78, 5) is 10.8. The highest BCUT2D eigenvalue weighted by molar-refractivity contribution is 7.98. The Morgan fingerprint density at radius 1 is 1.35 bits per heavy atom. The van der Waals surface area contributed by atoms with Crippen LogP contribution in [0.25, 0.3) is 0 Å². The zero-order valence-corrected chi connectivity index (χ0v) is 12.3. The van der Waals surface area contributed by atoms with Crippen LogP contribution in [-0.4, -0.2) is 29.3 Å². The van der Waals surface area contributed by atoms with Crippen molar-refractivity contribution in [2.24, 2.45) is 5.41 Å². The van der Waals surface area contributed by atoms with E-state index < -0.39 is 0 Å². The van der Waals surface area contributed by atoms with Crippen molar-refractivity contribution in [3.63, 3.8) is 0 Å². The number of rotatable bonds is 3. The molecule has 0 saturated carbocycles. The first-order chi connectivity index (χ1) is 7.75. The van der Waals surface area contributed by atoms with Crippen LogP contribution in [0.15, 0.2) is 11.2 Å². The van der Waals surface area contributed by atoms with Crippen LogP contribution in [0.3, 0.4) is 0 Å². The van der Waals surface area contributed by atoms with E-state index >= 15 is 0 Å². The molecule has 0 amide bonds. The maximum Gasteiger partial charge on any atom is 0.191 e. The Labute approximate surface area is 108 Å². The van der Waals surface area contributed by atoms with E-state index in [-0.39, 0.29) is 5.41 Å². The Kier molecular flexibility index (Phi) is 4.25. The summed E-state index contributed by atoms with van der Waals surface area (Å²) >= 11 is 1.50. The molecule has 17 heavy (non-hydrogen) atoms. The number of nitrogens with zero attached hydrogens (tertiary/aromatic N) is 3. The van der Waals surface area contributed by atoms with E-state index in [4.69, 9.17) is 5.73 Å². The van der Waals surface area contributed by atoms with Crippen molar-refractivity contribution in [2.75, 3.05) is 23.9 Å². The fourth-order valence-corrected chi connectivity index (χ4v) is 1.86. The number of nitrogen functional groups attached to an aromatic ring is 1. The average Bonchev–Trinajstić information content (AvgIpc) is 2.24. The van der Waals surface area contributed by atoms with Gasteiger partial charge in [0.2, 0.25) is 0 Å². The quantitative estimate of drug-likeness (QED) is 0.664. The first-order valence-electron chi connectivity index (χ1n) is 5.67. The van der Waals surface area contributed by atoms with E-state index in [2.05, 4.69) is 42.6 Å². The van der Waals surface area contributed by atoms with Gasteiger partial charge in [0.1, 0.15) is 11.6 Å². The minimum atomic E-state index is 0.188. The number of thioether (sulfide) groups is 1. The third-order valence-electron chi connectivity index (χ3n) is 3.09. The Morgan fingerprint density at radius 3 is 2.41 bits per heavy atom. The molecule has 1 atom stereocenters. The van der Waals surface area contributed by atoms with Gasteiger partial charge in [-0.3, -0.25) is 0 Å². The summed E-state index contributed by atoms with van der Waals surface area (Å²) in [5.74, 6) is 1.40. The van der Waals surface area contributed by atoms with E-state index in [1.807, 2.05) is 19.4 Å². The second-order valence-electron chi connectivity index (χ2n) is 5.29. The lowest BCUT2D eigenvalue weighted by Crippen LogP contribution is -2.39. The summed E-state index contributed by atoms with van der Waals surface area (Å²) in [6.45, 7) is 8.84. The monoisotopic (exact) mass is 254 g/mol. The number of hydrogen-bond acceptors (Lipinski definition) is 5. The molecule has 1 aromatic heterocycles. The zero-order chi connectivity index (χ0) is 13.2. The molecule has 1 aromatic rings. The minimum Gasteiger partial charge on any atom is -0.383 e. The Balaban J connectivity index is 3.03. The highest BCUT2D eigenvalue weighted by atomic mass is 32.2. The lowest BCUT2D eigenvalue weighted by Gasteiger charge is -2.36. The molecule has 2 N–H and O–H groups in total. The molecule has 0 aromatic carbocycles. The zero-order valence-electron chi connectivity index (χ0n) is 11.5. The van der Waals surface area contributed by atoms with Gasteiger partial charge in [0, 0.05) is 19.2 Å². The van der Waals surface area contributed by atoms with Crippen molar-refractivity contribution in [3.05, 3.63) is 6.07 Å². The van der Waals surface area contributed by atoms with Gasteiger partial charge in [-0.15, -0.1) is 0 Å². The molecule has 96 valence electrons. The highest BCUT2D eigenvalue weighted by Crippen LogP contribution is 2.27. The Morgan fingerprint density at radius 2 is 1.94 bits per heavy atom. The van der Waals surface area contributed by atoms with Crippen LogP contribution in [0.5, 0.6) is 0 Å². The maximum atomic E-state index is 5.79. The van der Waals surface area contributed by atoms with Crippen LogP contribution in [0.4, 0.5) is 11.6 Å². The van der Waals surface area contributed by atoms with Crippen molar-refractivity contribution >= 4 is 23.4 Å². The third-order valence-corrected chi connectivity index (χ3v) is 3.64. The minimum absolute atomic E-state index is 0.188. The van der Waals surface area contributed by atoms with E-state index in [1.54, 1.807) is 0 Å². The number of anilines is 2. The second-order valence-corrected chi connectivity index (χ2v) is 6.06. The molecule has 0 saturated heterocycles.